The van der Waals surface area contributed by atoms with Gasteiger partial charge < -0.3 is 5.32 Å². The van der Waals surface area contributed by atoms with Crippen LogP contribution in [-0.2, 0) is 21.0 Å². The molecular formula is C23H20ClF3N2O3S. The first-order chi connectivity index (χ1) is 15.4. The molecule has 0 bridgehead atoms. The summed E-state index contributed by atoms with van der Waals surface area (Å²) in [4.78, 5) is 12.7. The number of hydrogen-bond acceptors (Lipinski definition) is 3. The lowest BCUT2D eigenvalue weighted by molar-refractivity contribution is -0.137. The average molecular weight is 497 g/mol. The van der Waals surface area contributed by atoms with Crippen molar-refractivity contribution in [2.24, 2.45) is 0 Å². The van der Waals surface area contributed by atoms with Crippen molar-refractivity contribution in [1.82, 2.24) is 0 Å². The number of carbonyl (C=O) groups is 1. The molecule has 33 heavy (non-hydrogen) atoms. The smallest absolute Gasteiger partial charge is 0.323 e. The Balaban J connectivity index is 1.95. The summed E-state index contributed by atoms with van der Waals surface area (Å²) in [7, 11) is -4.15. The fourth-order valence-corrected chi connectivity index (χ4v) is 4.57. The van der Waals surface area contributed by atoms with Gasteiger partial charge in [0.1, 0.15) is 6.54 Å². The average Bonchev–Trinajstić information content (AvgIpc) is 2.74. The summed E-state index contributed by atoms with van der Waals surface area (Å²) >= 11 is 5.95. The number of sulfonamides is 1. The van der Waals surface area contributed by atoms with Crippen molar-refractivity contribution in [2.45, 2.75) is 24.9 Å². The van der Waals surface area contributed by atoms with E-state index in [1.807, 2.05) is 6.92 Å². The third kappa shape index (κ3) is 5.85. The van der Waals surface area contributed by atoms with Gasteiger partial charge in [0.15, 0.2) is 0 Å². The van der Waals surface area contributed by atoms with Crippen LogP contribution in [0.3, 0.4) is 0 Å². The first-order valence-corrected chi connectivity index (χ1v) is 11.5. The predicted molar refractivity (Wildman–Crippen MR) is 122 cm³/mol. The van der Waals surface area contributed by atoms with Crippen molar-refractivity contribution in [1.29, 1.82) is 0 Å². The molecule has 0 saturated heterocycles. The summed E-state index contributed by atoms with van der Waals surface area (Å²) in [6, 6.07) is 15.1. The van der Waals surface area contributed by atoms with Crippen molar-refractivity contribution in [3.8, 4) is 0 Å². The van der Waals surface area contributed by atoms with Gasteiger partial charge in [0.2, 0.25) is 5.91 Å². The van der Waals surface area contributed by atoms with E-state index in [1.165, 1.54) is 12.1 Å². The zero-order valence-corrected chi connectivity index (χ0v) is 19.2. The molecule has 1 N–H and O–H groups in total. The van der Waals surface area contributed by atoms with E-state index < -0.39 is 34.2 Å². The summed E-state index contributed by atoms with van der Waals surface area (Å²) in [6.07, 6.45) is -4.63. The Bertz CT molecular complexity index is 1260. The maximum absolute atomic E-state index is 13.3. The van der Waals surface area contributed by atoms with Crippen LogP contribution >= 0.6 is 11.6 Å². The molecule has 0 heterocycles. The molecule has 3 rings (SSSR count). The highest BCUT2D eigenvalue weighted by atomic mass is 35.5. The third-order valence-electron chi connectivity index (χ3n) is 4.79. The Morgan fingerprint density at radius 1 is 0.939 bits per heavy atom. The molecule has 0 radical (unpaired) electrons. The van der Waals surface area contributed by atoms with Gasteiger partial charge >= 0.3 is 6.18 Å². The molecule has 0 aliphatic rings. The maximum Gasteiger partial charge on any atom is 0.416 e. The number of carbonyl (C=O) groups excluding carboxylic acids is 1. The normalized spacial score (nSPS) is 11.8. The van der Waals surface area contributed by atoms with Gasteiger partial charge in [0.05, 0.1) is 26.9 Å². The van der Waals surface area contributed by atoms with Crippen molar-refractivity contribution >= 4 is 38.9 Å². The molecule has 174 valence electrons. The van der Waals surface area contributed by atoms with E-state index in [1.54, 1.807) is 43.3 Å². The standard InChI is InChI=1S/C23H20ClF3N2O3S/c1-15-3-8-18(9-4-15)29(33(31,32)19-10-5-16(2)6-11-19)14-22(30)28-21-13-17(23(25,26)27)7-12-20(21)24/h3-13H,14H2,1-2H3,(H,28,30). The van der Waals surface area contributed by atoms with E-state index >= 15 is 0 Å². The van der Waals surface area contributed by atoms with Crippen LogP contribution in [0.15, 0.2) is 71.6 Å². The van der Waals surface area contributed by atoms with E-state index in [9.17, 15) is 26.4 Å². The lowest BCUT2D eigenvalue weighted by Crippen LogP contribution is -2.38. The molecule has 0 unspecified atom stereocenters. The highest BCUT2D eigenvalue weighted by molar-refractivity contribution is 7.92. The van der Waals surface area contributed by atoms with Gasteiger partial charge in [-0.3, -0.25) is 9.10 Å². The number of anilines is 2. The molecule has 3 aromatic carbocycles. The number of nitrogens with one attached hydrogen (secondary N) is 1. The number of benzene rings is 3. The number of halogens is 4. The Kier molecular flexibility index (Phi) is 7.04. The van der Waals surface area contributed by atoms with Crippen LogP contribution in [0, 0.1) is 13.8 Å². The van der Waals surface area contributed by atoms with E-state index in [-0.39, 0.29) is 21.3 Å². The summed E-state index contributed by atoms with van der Waals surface area (Å²) in [5.74, 6) is -0.854. The van der Waals surface area contributed by atoms with Gasteiger partial charge in [-0.05, 0) is 56.3 Å². The quantitative estimate of drug-likeness (QED) is 0.468. The van der Waals surface area contributed by atoms with E-state index in [0.29, 0.717) is 6.07 Å². The zero-order valence-electron chi connectivity index (χ0n) is 17.7. The highest BCUT2D eigenvalue weighted by Crippen LogP contribution is 2.34. The van der Waals surface area contributed by atoms with Crippen molar-refractivity contribution in [3.05, 3.63) is 88.4 Å². The van der Waals surface area contributed by atoms with Crippen LogP contribution in [-0.4, -0.2) is 20.9 Å². The van der Waals surface area contributed by atoms with Gasteiger partial charge in [-0.15, -0.1) is 0 Å². The Hall–Kier alpha value is -3.04. The number of alkyl halides is 3. The van der Waals surface area contributed by atoms with Gasteiger partial charge in [-0.1, -0.05) is 47.0 Å². The number of nitrogens with zero attached hydrogens (tertiary/aromatic N) is 1. The van der Waals surface area contributed by atoms with E-state index in [4.69, 9.17) is 11.6 Å². The second kappa shape index (κ2) is 9.44. The van der Waals surface area contributed by atoms with Crippen molar-refractivity contribution < 1.29 is 26.4 Å². The molecule has 0 fully saturated rings. The third-order valence-corrected chi connectivity index (χ3v) is 6.90. The largest absolute Gasteiger partial charge is 0.416 e. The Morgan fingerprint density at radius 3 is 2.03 bits per heavy atom. The fraction of sp³-hybridized carbons (Fsp3) is 0.174. The molecule has 10 heteroatoms. The SMILES string of the molecule is Cc1ccc(N(CC(=O)Nc2cc(C(F)(F)F)ccc2Cl)S(=O)(=O)c2ccc(C)cc2)cc1. The number of hydrogen-bond donors (Lipinski definition) is 1. The zero-order chi connectivity index (χ0) is 24.4. The molecule has 0 saturated carbocycles. The number of amides is 1. The van der Waals surface area contributed by atoms with E-state index in [0.717, 1.165) is 27.6 Å². The highest BCUT2D eigenvalue weighted by Gasteiger charge is 2.32. The minimum Gasteiger partial charge on any atom is -0.323 e. The van der Waals surface area contributed by atoms with Gasteiger partial charge in [0.25, 0.3) is 10.0 Å². The minimum absolute atomic E-state index is 0.0291. The topological polar surface area (TPSA) is 66.5 Å². The van der Waals surface area contributed by atoms with Crippen LogP contribution < -0.4 is 9.62 Å². The number of aryl methyl sites for hydroxylation is 2. The molecule has 0 aromatic heterocycles. The first-order valence-electron chi connectivity index (χ1n) is 9.70. The monoisotopic (exact) mass is 496 g/mol. The second-order valence-corrected chi connectivity index (χ2v) is 9.67. The molecule has 3 aromatic rings. The van der Waals surface area contributed by atoms with Crippen LogP contribution in [0.4, 0.5) is 24.5 Å². The fourth-order valence-electron chi connectivity index (χ4n) is 2.98. The maximum atomic E-state index is 13.3. The lowest BCUT2D eigenvalue weighted by atomic mass is 10.2. The summed E-state index contributed by atoms with van der Waals surface area (Å²) in [6.45, 7) is 2.96. The summed E-state index contributed by atoms with van der Waals surface area (Å²) < 4.78 is 66.7. The Labute approximate surface area is 194 Å². The van der Waals surface area contributed by atoms with Gasteiger partial charge in [-0.25, -0.2) is 8.42 Å². The first kappa shape index (κ1) is 24.6. The summed E-state index contributed by atoms with van der Waals surface area (Å²) in [5.41, 5.74) is 0.698. The second-order valence-electron chi connectivity index (χ2n) is 7.40. The number of rotatable bonds is 6. The van der Waals surface area contributed by atoms with Gasteiger partial charge in [-0.2, -0.15) is 13.2 Å². The van der Waals surface area contributed by atoms with Crippen LogP contribution in [0.2, 0.25) is 5.02 Å². The lowest BCUT2D eigenvalue weighted by Gasteiger charge is -2.24. The van der Waals surface area contributed by atoms with Crippen LogP contribution in [0.5, 0.6) is 0 Å². The molecular weight excluding hydrogens is 477 g/mol. The predicted octanol–water partition coefficient (Wildman–Crippen LogP) is 5.81. The molecule has 0 aliphatic heterocycles. The minimum atomic E-state index is -4.63. The van der Waals surface area contributed by atoms with Crippen LogP contribution in [0.1, 0.15) is 16.7 Å². The Morgan fingerprint density at radius 2 is 1.48 bits per heavy atom. The molecule has 5 nitrogen and oxygen atoms in total. The van der Waals surface area contributed by atoms with E-state index in [2.05, 4.69) is 5.32 Å². The molecule has 1 amide bonds. The molecule has 0 spiro atoms. The summed E-state index contributed by atoms with van der Waals surface area (Å²) in [5, 5.41) is 2.18. The van der Waals surface area contributed by atoms with Crippen LogP contribution in [0.25, 0.3) is 0 Å². The molecule has 0 atom stereocenters. The molecule has 0 aliphatic carbocycles. The van der Waals surface area contributed by atoms with Crippen molar-refractivity contribution in [2.75, 3.05) is 16.2 Å². The van der Waals surface area contributed by atoms with Crippen molar-refractivity contribution in [3.63, 3.8) is 0 Å². The van der Waals surface area contributed by atoms with Gasteiger partial charge in [0, 0.05) is 0 Å².